The normalized spacial score (nSPS) is 13.4. The van der Waals surface area contributed by atoms with Crippen LogP contribution in [0.25, 0.3) is 22.3 Å². The van der Waals surface area contributed by atoms with Gasteiger partial charge in [0, 0.05) is 50.7 Å². The van der Waals surface area contributed by atoms with Crippen molar-refractivity contribution in [2.45, 2.75) is 58.2 Å². The van der Waals surface area contributed by atoms with Gasteiger partial charge in [0.05, 0.1) is 17.9 Å². The highest BCUT2D eigenvalue weighted by atomic mass is 28.3. The fourth-order valence-corrected chi connectivity index (χ4v) is 4.00. The molecule has 0 fully saturated rings. The third kappa shape index (κ3) is 5.54. The zero-order chi connectivity index (χ0) is 21.6. The van der Waals surface area contributed by atoms with Crippen molar-refractivity contribution >= 4 is 25.3 Å². The molecule has 0 amide bonds. The average molecular weight is 429 g/mol. The highest BCUT2D eigenvalue weighted by molar-refractivity contribution is 6.76. The minimum atomic E-state index is -1.09. The molecule has 1 unspecified atom stereocenters. The van der Waals surface area contributed by atoms with Gasteiger partial charge in [0.25, 0.3) is 0 Å². The zero-order valence-corrected chi connectivity index (χ0v) is 19.6. The first-order valence-electron chi connectivity index (χ1n) is 10.4. The summed E-state index contributed by atoms with van der Waals surface area (Å²) < 4.78 is 9.91. The van der Waals surface area contributed by atoms with Crippen LogP contribution in [0.4, 0.5) is 0 Å². The second-order valence-corrected chi connectivity index (χ2v) is 14.2. The van der Waals surface area contributed by atoms with Crippen LogP contribution in [0.15, 0.2) is 36.1 Å². The Balaban J connectivity index is 1.76. The first-order chi connectivity index (χ1) is 14.4. The minimum Gasteiger partial charge on any atom is -0.399 e. The van der Waals surface area contributed by atoms with Gasteiger partial charge in [-0.25, -0.2) is 9.97 Å². The van der Waals surface area contributed by atoms with E-state index >= 15 is 0 Å². The number of aromatic nitrogens is 5. The predicted molar refractivity (Wildman–Crippen MR) is 122 cm³/mol. The van der Waals surface area contributed by atoms with Crippen molar-refractivity contribution in [2.24, 2.45) is 5.16 Å². The smallest absolute Gasteiger partial charge is 0.145 e. The van der Waals surface area contributed by atoms with Crippen LogP contribution in [0.3, 0.4) is 0 Å². The van der Waals surface area contributed by atoms with E-state index in [0.717, 1.165) is 47.8 Å². The standard InChI is InChI=1S/C21H32N6O2Si/c1-6-18(7-9-25-28-2)27-14-17(13-24-27)20-19-8-10-26(21(19)23-15-22-20)16-29-11-12-30(3,4)5/h8-10,13-15,18H,6-7,11-12,16H2,1-5H3/b25-9+. The fraction of sp³-hybridized carbons (Fsp3) is 0.524. The van der Waals surface area contributed by atoms with Crippen molar-refractivity contribution in [2.75, 3.05) is 13.7 Å². The molecule has 3 aromatic rings. The van der Waals surface area contributed by atoms with Gasteiger partial charge in [-0.2, -0.15) is 5.10 Å². The fourth-order valence-electron chi connectivity index (χ4n) is 3.24. The summed E-state index contributed by atoms with van der Waals surface area (Å²) >= 11 is 0. The van der Waals surface area contributed by atoms with E-state index in [1.807, 2.05) is 33.9 Å². The summed E-state index contributed by atoms with van der Waals surface area (Å²) in [4.78, 5) is 13.8. The van der Waals surface area contributed by atoms with Crippen LogP contribution in [-0.4, -0.2) is 52.3 Å². The molecule has 0 aromatic carbocycles. The molecule has 3 aromatic heterocycles. The molecule has 0 saturated heterocycles. The summed E-state index contributed by atoms with van der Waals surface area (Å²) in [5.74, 6) is 0. The van der Waals surface area contributed by atoms with E-state index < -0.39 is 8.07 Å². The molecule has 0 aliphatic carbocycles. The molecule has 0 N–H and O–H groups in total. The van der Waals surface area contributed by atoms with Gasteiger partial charge in [-0.05, 0) is 18.5 Å². The van der Waals surface area contributed by atoms with E-state index in [0.29, 0.717) is 6.73 Å². The molecule has 0 aliphatic rings. The van der Waals surface area contributed by atoms with Gasteiger partial charge in [0.2, 0.25) is 0 Å². The number of hydrogen-bond donors (Lipinski definition) is 0. The van der Waals surface area contributed by atoms with Gasteiger partial charge in [-0.3, -0.25) is 4.68 Å². The summed E-state index contributed by atoms with van der Waals surface area (Å²) in [5, 5.41) is 9.40. The van der Waals surface area contributed by atoms with Crippen LogP contribution in [0.2, 0.25) is 25.7 Å². The predicted octanol–water partition coefficient (Wildman–Crippen LogP) is 4.58. The molecule has 9 heteroatoms. The number of ether oxygens (including phenoxy) is 1. The average Bonchev–Trinajstić information content (AvgIpc) is 3.35. The molecule has 162 valence electrons. The van der Waals surface area contributed by atoms with E-state index in [2.05, 4.69) is 46.8 Å². The van der Waals surface area contributed by atoms with Gasteiger partial charge in [0.15, 0.2) is 0 Å². The Morgan fingerprint density at radius 1 is 1.27 bits per heavy atom. The Morgan fingerprint density at radius 3 is 2.83 bits per heavy atom. The van der Waals surface area contributed by atoms with E-state index in [9.17, 15) is 0 Å². The van der Waals surface area contributed by atoms with Crippen LogP contribution in [-0.2, 0) is 16.3 Å². The lowest BCUT2D eigenvalue weighted by molar-refractivity contribution is 0.0899. The number of fused-ring (bicyclic) bond motifs is 1. The SMILES string of the molecule is CCC(C/C=N/OC)n1cc(-c2ncnc3c2ccn3COCC[Si](C)(C)C)cn1. The maximum absolute atomic E-state index is 5.90. The topological polar surface area (TPSA) is 79.3 Å². The van der Waals surface area contributed by atoms with Gasteiger partial charge in [-0.15, -0.1) is 0 Å². The first-order valence-corrected chi connectivity index (χ1v) is 14.1. The lowest BCUT2D eigenvalue weighted by Gasteiger charge is -2.15. The Morgan fingerprint density at radius 2 is 2.10 bits per heavy atom. The minimum absolute atomic E-state index is 0.222. The van der Waals surface area contributed by atoms with Gasteiger partial charge < -0.3 is 14.1 Å². The van der Waals surface area contributed by atoms with E-state index in [1.54, 1.807) is 19.7 Å². The summed E-state index contributed by atoms with van der Waals surface area (Å²) in [7, 11) is 0.457. The number of nitrogens with zero attached hydrogens (tertiary/aromatic N) is 6. The van der Waals surface area contributed by atoms with Gasteiger partial charge >= 0.3 is 0 Å². The van der Waals surface area contributed by atoms with Crippen LogP contribution >= 0.6 is 0 Å². The Kier molecular flexibility index (Phi) is 7.38. The highest BCUT2D eigenvalue weighted by Crippen LogP contribution is 2.27. The molecule has 30 heavy (non-hydrogen) atoms. The second kappa shape index (κ2) is 9.99. The monoisotopic (exact) mass is 428 g/mol. The Labute approximate surface area is 178 Å². The van der Waals surface area contributed by atoms with Crippen LogP contribution in [0.5, 0.6) is 0 Å². The highest BCUT2D eigenvalue weighted by Gasteiger charge is 2.15. The maximum Gasteiger partial charge on any atom is 0.145 e. The summed E-state index contributed by atoms with van der Waals surface area (Å²) in [6.07, 6.45) is 11.0. The molecular weight excluding hydrogens is 396 g/mol. The largest absolute Gasteiger partial charge is 0.399 e. The quantitative estimate of drug-likeness (QED) is 0.193. The van der Waals surface area contributed by atoms with E-state index in [-0.39, 0.29) is 6.04 Å². The second-order valence-electron chi connectivity index (χ2n) is 8.57. The van der Waals surface area contributed by atoms with Crippen LogP contribution in [0.1, 0.15) is 25.8 Å². The number of hydrogen-bond acceptors (Lipinski definition) is 6. The molecule has 0 radical (unpaired) electrons. The molecule has 0 saturated carbocycles. The molecule has 0 aliphatic heterocycles. The maximum atomic E-state index is 5.90. The molecule has 1 atom stereocenters. The third-order valence-corrected chi connectivity index (χ3v) is 6.76. The van der Waals surface area contributed by atoms with Crippen LogP contribution in [0, 0.1) is 0 Å². The summed E-state index contributed by atoms with van der Waals surface area (Å²) in [6.45, 7) is 10.5. The van der Waals surface area contributed by atoms with Gasteiger partial charge in [-0.1, -0.05) is 31.7 Å². The molecule has 0 spiro atoms. The van der Waals surface area contributed by atoms with Crippen molar-refractivity contribution in [3.63, 3.8) is 0 Å². The van der Waals surface area contributed by atoms with E-state index in [4.69, 9.17) is 9.57 Å². The molecule has 3 rings (SSSR count). The van der Waals surface area contributed by atoms with Crippen molar-refractivity contribution in [1.82, 2.24) is 24.3 Å². The lowest BCUT2D eigenvalue weighted by Crippen LogP contribution is -2.22. The number of rotatable bonds is 11. The van der Waals surface area contributed by atoms with Crippen molar-refractivity contribution in [1.29, 1.82) is 0 Å². The molecule has 3 heterocycles. The zero-order valence-electron chi connectivity index (χ0n) is 18.6. The van der Waals surface area contributed by atoms with Crippen molar-refractivity contribution in [3.8, 4) is 11.3 Å². The van der Waals surface area contributed by atoms with Gasteiger partial charge in [0.1, 0.15) is 25.8 Å². The molecular formula is C21H32N6O2Si. The first kappa shape index (κ1) is 22.2. The summed E-state index contributed by atoms with van der Waals surface area (Å²) in [6, 6.07) is 3.42. The molecule has 0 bridgehead atoms. The van der Waals surface area contributed by atoms with Crippen LogP contribution < -0.4 is 0 Å². The number of oxime groups is 1. The van der Waals surface area contributed by atoms with E-state index in [1.165, 1.54) is 0 Å². The summed E-state index contributed by atoms with van der Waals surface area (Å²) in [5.41, 5.74) is 2.73. The third-order valence-electron chi connectivity index (χ3n) is 5.06. The van der Waals surface area contributed by atoms with Crippen molar-refractivity contribution < 1.29 is 9.57 Å². The van der Waals surface area contributed by atoms with Crippen molar-refractivity contribution in [3.05, 3.63) is 31.0 Å². The lowest BCUT2D eigenvalue weighted by atomic mass is 10.1. The Hall–Kier alpha value is -2.52. The Bertz CT molecular complexity index is 975. The molecule has 8 nitrogen and oxygen atoms in total.